The van der Waals surface area contributed by atoms with Crippen LogP contribution in [0.3, 0.4) is 0 Å². The van der Waals surface area contributed by atoms with Crippen molar-refractivity contribution in [2.24, 2.45) is 0 Å². The van der Waals surface area contributed by atoms with E-state index in [9.17, 15) is 4.79 Å². The lowest BCUT2D eigenvalue weighted by atomic mass is 10.1. The number of thioether (sulfide) groups is 1. The zero-order valence-electron chi connectivity index (χ0n) is 15.4. The Morgan fingerprint density at radius 1 is 1.25 bits per heavy atom. The number of carbonyl (C=O) groups excluding carboxylic acids is 1. The van der Waals surface area contributed by atoms with E-state index in [4.69, 9.17) is 4.74 Å². The number of aromatic nitrogens is 3. The highest BCUT2D eigenvalue weighted by molar-refractivity contribution is 8.01. The molecule has 0 saturated carbocycles. The Bertz CT molecular complexity index is 1140. The third-order valence-electron chi connectivity index (χ3n) is 4.22. The van der Waals surface area contributed by atoms with Gasteiger partial charge in [-0.2, -0.15) is 0 Å². The van der Waals surface area contributed by atoms with E-state index in [0.717, 1.165) is 32.2 Å². The summed E-state index contributed by atoms with van der Waals surface area (Å²) in [6, 6.07) is 13.7. The molecule has 0 fully saturated rings. The summed E-state index contributed by atoms with van der Waals surface area (Å²) in [5.41, 5.74) is 3.62. The Balaban J connectivity index is 1.43. The van der Waals surface area contributed by atoms with Crippen LogP contribution in [-0.4, -0.2) is 33.8 Å². The van der Waals surface area contributed by atoms with Gasteiger partial charge >= 0.3 is 0 Å². The van der Waals surface area contributed by atoms with Crippen LogP contribution in [0.4, 0.5) is 10.8 Å². The third kappa shape index (κ3) is 3.88. The number of benzene rings is 2. The fourth-order valence-electron chi connectivity index (χ4n) is 2.86. The SMILES string of the molecule is COc1ccc(C)cc1Nc1nnc(SCC(=O)c2c[nH]c3ccccc23)s1. The van der Waals surface area contributed by atoms with Crippen LogP contribution in [0.5, 0.6) is 5.75 Å². The number of hydrogen-bond donors (Lipinski definition) is 2. The van der Waals surface area contributed by atoms with Gasteiger partial charge in [-0.05, 0) is 30.7 Å². The molecule has 2 aromatic carbocycles. The van der Waals surface area contributed by atoms with E-state index < -0.39 is 0 Å². The molecule has 6 nitrogen and oxygen atoms in total. The Morgan fingerprint density at radius 2 is 2.11 bits per heavy atom. The lowest BCUT2D eigenvalue weighted by Crippen LogP contribution is -2.01. The highest BCUT2D eigenvalue weighted by Crippen LogP contribution is 2.32. The standard InChI is InChI=1S/C20H18N4O2S2/c1-12-7-8-18(26-2)16(9-12)22-19-23-24-20(28-19)27-11-17(25)14-10-21-15-6-4-3-5-13(14)15/h3-10,21H,11H2,1-2H3,(H,22,23). The van der Waals surface area contributed by atoms with E-state index in [1.54, 1.807) is 13.3 Å². The molecule has 4 aromatic rings. The van der Waals surface area contributed by atoms with Crippen molar-refractivity contribution in [3.63, 3.8) is 0 Å². The molecule has 0 radical (unpaired) electrons. The molecule has 8 heteroatoms. The summed E-state index contributed by atoms with van der Waals surface area (Å²) in [5.74, 6) is 1.11. The Labute approximate surface area is 170 Å². The Hall–Kier alpha value is -2.84. The van der Waals surface area contributed by atoms with Crippen molar-refractivity contribution in [3.05, 3.63) is 59.8 Å². The molecule has 2 N–H and O–H groups in total. The average molecular weight is 411 g/mol. The van der Waals surface area contributed by atoms with Crippen LogP contribution in [0.15, 0.2) is 53.0 Å². The summed E-state index contributed by atoms with van der Waals surface area (Å²) in [6.07, 6.45) is 1.77. The fourth-order valence-corrected chi connectivity index (χ4v) is 4.51. The lowest BCUT2D eigenvalue weighted by molar-refractivity contribution is 0.102. The van der Waals surface area contributed by atoms with Gasteiger partial charge in [0.1, 0.15) is 5.75 Å². The molecule has 0 aliphatic heterocycles. The van der Waals surface area contributed by atoms with E-state index in [-0.39, 0.29) is 5.78 Å². The molecule has 0 aliphatic carbocycles. The van der Waals surface area contributed by atoms with E-state index in [1.807, 2.05) is 49.4 Å². The highest BCUT2D eigenvalue weighted by Gasteiger charge is 2.14. The van der Waals surface area contributed by atoms with Gasteiger partial charge in [0.05, 0.1) is 18.6 Å². The van der Waals surface area contributed by atoms with Crippen LogP contribution in [-0.2, 0) is 0 Å². The van der Waals surface area contributed by atoms with Gasteiger partial charge in [0.15, 0.2) is 10.1 Å². The molecule has 2 heterocycles. The Kier molecular flexibility index (Phi) is 5.31. The summed E-state index contributed by atoms with van der Waals surface area (Å²) >= 11 is 2.80. The largest absolute Gasteiger partial charge is 0.495 e. The zero-order valence-corrected chi connectivity index (χ0v) is 17.0. The molecule has 0 aliphatic rings. The summed E-state index contributed by atoms with van der Waals surface area (Å²) in [5, 5.41) is 13.2. The second-order valence-electron chi connectivity index (χ2n) is 6.16. The molecule has 0 saturated heterocycles. The average Bonchev–Trinajstić information content (AvgIpc) is 3.33. The second kappa shape index (κ2) is 8.04. The zero-order chi connectivity index (χ0) is 19.5. The van der Waals surface area contributed by atoms with Crippen LogP contribution in [0.25, 0.3) is 10.9 Å². The molecule has 0 amide bonds. The van der Waals surface area contributed by atoms with Crippen molar-refractivity contribution in [3.8, 4) is 5.75 Å². The normalized spacial score (nSPS) is 10.9. The molecule has 0 spiro atoms. The number of ketones is 1. The van der Waals surface area contributed by atoms with Crippen molar-refractivity contribution in [1.29, 1.82) is 0 Å². The number of ether oxygens (including phenoxy) is 1. The van der Waals surface area contributed by atoms with Gasteiger partial charge in [-0.15, -0.1) is 10.2 Å². The fraction of sp³-hybridized carbons (Fsp3) is 0.150. The van der Waals surface area contributed by atoms with Gasteiger partial charge in [0, 0.05) is 22.7 Å². The minimum absolute atomic E-state index is 0.0625. The first-order chi connectivity index (χ1) is 13.6. The first-order valence-corrected chi connectivity index (χ1v) is 10.4. The number of carbonyl (C=O) groups is 1. The number of aryl methyl sites for hydroxylation is 1. The van der Waals surface area contributed by atoms with Crippen LogP contribution in [0, 0.1) is 6.92 Å². The first kappa shape index (κ1) is 18.5. The monoisotopic (exact) mass is 410 g/mol. The van der Waals surface area contributed by atoms with Crippen molar-refractivity contribution < 1.29 is 9.53 Å². The van der Waals surface area contributed by atoms with Gasteiger partial charge in [0.25, 0.3) is 0 Å². The molecule has 4 rings (SSSR count). The number of aromatic amines is 1. The Morgan fingerprint density at radius 3 is 2.96 bits per heavy atom. The van der Waals surface area contributed by atoms with Crippen molar-refractivity contribution in [2.45, 2.75) is 11.3 Å². The van der Waals surface area contributed by atoms with Crippen molar-refractivity contribution in [2.75, 3.05) is 18.2 Å². The second-order valence-corrected chi connectivity index (χ2v) is 8.36. The first-order valence-electron chi connectivity index (χ1n) is 8.61. The minimum atomic E-state index is 0.0625. The number of nitrogens with one attached hydrogen (secondary N) is 2. The molecular weight excluding hydrogens is 392 g/mol. The van der Waals surface area contributed by atoms with Gasteiger partial charge in [-0.3, -0.25) is 4.79 Å². The molecule has 0 bridgehead atoms. The summed E-state index contributed by atoms with van der Waals surface area (Å²) in [4.78, 5) is 15.7. The van der Waals surface area contributed by atoms with E-state index in [2.05, 4.69) is 20.5 Å². The van der Waals surface area contributed by atoms with E-state index >= 15 is 0 Å². The number of Topliss-reactive ketones (excluding diaryl/α,β-unsaturated/α-hetero) is 1. The summed E-state index contributed by atoms with van der Waals surface area (Å²) in [7, 11) is 1.63. The maximum absolute atomic E-state index is 12.6. The van der Waals surface area contributed by atoms with E-state index in [0.29, 0.717) is 16.4 Å². The number of methoxy groups -OCH3 is 1. The van der Waals surface area contributed by atoms with Crippen molar-refractivity contribution in [1.82, 2.24) is 15.2 Å². The molecule has 0 unspecified atom stereocenters. The highest BCUT2D eigenvalue weighted by atomic mass is 32.2. The predicted molar refractivity (Wildman–Crippen MR) is 114 cm³/mol. The molecule has 28 heavy (non-hydrogen) atoms. The number of fused-ring (bicyclic) bond motifs is 1. The van der Waals surface area contributed by atoms with Gasteiger partial charge < -0.3 is 15.0 Å². The van der Waals surface area contributed by atoms with Gasteiger partial charge in [-0.25, -0.2) is 0 Å². The number of hydrogen-bond acceptors (Lipinski definition) is 7. The summed E-state index contributed by atoms with van der Waals surface area (Å²) < 4.78 is 6.11. The predicted octanol–water partition coefficient (Wildman–Crippen LogP) is 5.06. The van der Waals surface area contributed by atoms with Crippen molar-refractivity contribution >= 4 is 50.6 Å². The summed E-state index contributed by atoms with van der Waals surface area (Å²) in [6.45, 7) is 2.02. The number of H-pyrrole nitrogens is 1. The number of nitrogens with zero attached hydrogens (tertiary/aromatic N) is 2. The van der Waals surface area contributed by atoms with E-state index in [1.165, 1.54) is 23.1 Å². The number of anilines is 2. The molecule has 142 valence electrons. The maximum atomic E-state index is 12.6. The lowest BCUT2D eigenvalue weighted by Gasteiger charge is -2.09. The van der Waals surface area contributed by atoms with Crippen LogP contribution in [0.2, 0.25) is 0 Å². The van der Waals surface area contributed by atoms with Crippen LogP contribution < -0.4 is 10.1 Å². The van der Waals surface area contributed by atoms with Crippen LogP contribution >= 0.6 is 23.1 Å². The number of rotatable bonds is 7. The minimum Gasteiger partial charge on any atom is -0.495 e. The molecular formula is C20H18N4O2S2. The number of para-hydroxylation sites is 1. The van der Waals surface area contributed by atoms with Crippen LogP contribution in [0.1, 0.15) is 15.9 Å². The third-order valence-corrected chi connectivity index (χ3v) is 6.19. The van der Waals surface area contributed by atoms with Gasteiger partial charge in [0.2, 0.25) is 5.13 Å². The smallest absolute Gasteiger partial charge is 0.210 e. The molecule has 2 aromatic heterocycles. The maximum Gasteiger partial charge on any atom is 0.210 e. The topological polar surface area (TPSA) is 79.9 Å². The quantitative estimate of drug-likeness (QED) is 0.328. The van der Waals surface area contributed by atoms with Gasteiger partial charge in [-0.1, -0.05) is 47.4 Å². The molecule has 0 atom stereocenters.